The molecule has 0 aliphatic heterocycles. The number of rotatable bonds is 6. The first-order chi connectivity index (χ1) is 8.43. The number of sulfone groups is 1. The third-order valence-electron chi connectivity index (χ3n) is 2.14. The zero-order valence-corrected chi connectivity index (χ0v) is 11.7. The summed E-state index contributed by atoms with van der Waals surface area (Å²) in [5.41, 5.74) is 2.39. The van der Waals surface area contributed by atoms with E-state index in [9.17, 15) is 13.2 Å². The second-order valence-electron chi connectivity index (χ2n) is 3.47. The Kier molecular flexibility index (Phi) is 5.20. The zero-order chi connectivity index (χ0) is 13.8. The fourth-order valence-electron chi connectivity index (χ4n) is 1.23. The molecule has 0 aromatic carbocycles. The lowest BCUT2D eigenvalue weighted by molar-refractivity contribution is 0.0952. The van der Waals surface area contributed by atoms with Crippen LogP contribution in [0.1, 0.15) is 27.3 Å². The SMILES string of the molecule is CCS(=O)(=O)Cc1nc(COC)c(C(=O)NN)s1. The number of hydrogen-bond donors (Lipinski definition) is 2. The molecule has 1 rings (SSSR count). The molecule has 0 bridgehead atoms. The largest absolute Gasteiger partial charge is 0.378 e. The van der Waals surface area contributed by atoms with Crippen LogP contribution in [0.4, 0.5) is 0 Å². The third kappa shape index (κ3) is 3.73. The molecule has 1 heterocycles. The predicted octanol–water partition coefficient (Wildman–Crippen LogP) is -0.172. The maximum atomic E-state index is 11.5. The van der Waals surface area contributed by atoms with Gasteiger partial charge in [0.05, 0.1) is 12.3 Å². The van der Waals surface area contributed by atoms with Crippen LogP contribution >= 0.6 is 11.3 Å². The molecule has 0 aliphatic rings. The van der Waals surface area contributed by atoms with Crippen molar-refractivity contribution >= 4 is 27.1 Å². The number of carbonyl (C=O) groups is 1. The van der Waals surface area contributed by atoms with Crippen LogP contribution in [-0.2, 0) is 26.9 Å². The minimum absolute atomic E-state index is 0.0324. The Morgan fingerprint density at radius 1 is 1.56 bits per heavy atom. The zero-order valence-electron chi connectivity index (χ0n) is 10.1. The number of methoxy groups -OCH3 is 1. The number of nitrogen functional groups attached to an aromatic ring is 1. The van der Waals surface area contributed by atoms with Gasteiger partial charge in [0, 0.05) is 12.9 Å². The normalized spacial score (nSPS) is 11.5. The van der Waals surface area contributed by atoms with Gasteiger partial charge in [-0.3, -0.25) is 10.2 Å². The van der Waals surface area contributed by atoms with Crippen LogP contribution in [0.25, 0.3) is 0 Å². The second kappa shape index (κ2) is 6.23. The van der Waals surface area contributed by atoms with Gasteiger partial charge in [-0.15, -0.1) is 11.3 Å². The highest BCUT2D eigenvalue weighted by atomic mass is 32.2. The first kappa shape index (κ1) is 15.0. The van der Waals surface area contributed by atoms with E-state index in [0.717, 1.165) is 11.3 Å². The lowest BCUT2D eigenvalue weighted by Crippen LogP contribution is -2.30. The molecule has 3 N–H and O–H groups in total. The Balaban J connectivity index is 3.06. The quantitative estimate of drug-likeness (QED) is 0.428. The molecule has 0 radical (unpaired) electrons. The van der Waals surface area contributed by atoms with E-state index in [1.165, 1.54) is 7.11 Å². The van der Waals surface area contributed by atoms with E-state index < -0.39 is 15.7 Å². The second-order valence-corrected chi connectivity index (χ2v) is 6.90. The van der Waals surface area contributed by atoms with Crippen molar-refractivity contribution in [2.45, 2.75) is 19.3 Å². The molecule has 7 nitrogen and oxygen atoms in total. The summed E-state index contributed by atoms with van der Waals surface area (Å²) < 4.78 is 27.9. The van der Waals surface area contributed by atoms with Crippen molar-refractivity contribution in [1.29, 1.82) is 0 Å². The monoisotopic (exact) mass is 293 g/mol. The molecule has 0 aliphatic carbocycles. The molecule has 0 fully saturated rings. The van der Waals surface area contributed by atoms with Crippen molar-refractivity contribution in [2.75, 3.05) is 12.9 Å². The van der Waals surface area contributed by atoms with Gasteiger partial charge in [-0.25, -0.2) is 19.2 Å². The molecule has 102 valence electrons. The van der Waals surface area contributed by atoms with E-state index in [1.54, 1.807) is 6.92 Å². The van der Waals surface area contributed by atoms with E-state index in [4.69, 9.17) is 10.6 Å². The highest BCUT2D eigenvalue weighted by Crippen LogP contribution is 2.21. The van der Waals surface area contributed by atoms with Crippen LogP contribution in [0.15, 0.2) is 0 Å². The van der Waals surface area contributed by atoms with Crippen molar-refractivity contribution in [2.24, 2.45) is 5.84 Å². The Morgan fingerprint density at radius 2 is 2.22 bits per heavy atom. The molecule has 1 aromatic heterocycles. The van der Waals surface area contributed by atoms with Gasteiger partial charge in [-0.05, 0) is 0 Å². The Bertz CT molecular complexity index is 524. The minimum atomic E-state index is -3.18. The summed E-state index contributed by atoms with van der Waals surface area (Å²) in [4.78, 5) is 15.9. The van der Waals surface area contributed by atoms with E-state index in [0.29, 0.717) is 10.7 Å². The van der Waals surface area contributed by atoms with E-state index in [2.05, 4.69) is 4.98 Å². The molecule has 0 spiro atoms. The van der Waals surface area contributed by atoms with E-state index in [1.807, 2.05) is 5.43 Å². The maximum Gasteiger partial charge on any atom is 0.277 e. The van der Waals surface area contributed by atoms with Crippen molar-refractivity contribution in [3.8, 4) is 0 Å². The van der Waals surface area contributed by atoms with E-state index >= 15 is 0 Å². The van der Waals surface area contributed by atoms with Gasteiger partial charge in [0.25, 0.3) is 5.91 Å². The van der Waals surface area contributed by atoms with Crippen molar-refractivity contribution in [3.05, 3.63) is 15.6 Å². The molecule has 0 saturated carbocycles. The molecular formula is C9H15N3O4S2. The third-order valence-corrected chi connectivity index (χ3v) is 5.02. The van der Waals surface area contributed by atoms with Gasteiger partial charge in [0.15, 0.2) is 9.84 Å². The number of hydrazine groups is 1. The standard InChI is InChI=1S/C9H15N3O4S2/c1-3-18(14,15)5-7-11-6(4-16-2)8(17-7)9(13)12-10/h3-5,10H2,1-2H3,(H,12,13). The van der Waals surface area contributed by atoms with Crippen LogP contribution in [0.3, 0.4) is 0 Å². The average Bonchev–Trinajstić information content (AvgIpc) is 2.71. The lowest BCUT2D eigenvalue weighted by Gasteiger charge is -1.98. The van der Waals surface area contributed by atoms with Crippen molar-refractivity contribution in [3.63, 3.8) is 0 Å². The molecule has 0 atom stereocenters. The number of nitrogens with zero attached hydrogens (tertiary/aromatic N) is 1. The van der Waals surface area contributed by atoms with Crippen LogP contribution in [-0.4, -0.2) is 32.2 Å². The van der Waals surface area contributed by atoms with Crippen LogP contribution in [0, 0.1) is 0 Å². The van der Waals surface area contributed by atoms with Crippen LogP contribution in [0.5, 0.6) is 0 Å². The number of carbonyl (C=O) groups excluding carboxylic acids is 1. The lowest BCUT2D eigenvalue weighted by atomic mass is 10.3. The Morgan fingerprint density at radius 3 is 2.72 bits per heavy atom. The minimum Gasteiger partial charge on any atom is -0.378 e. The van der Waals surface area contributed by atoms with Gasteiger partial charge in [-0.2, -0.15) is 0 Å². The first-order valence-electron chi connectivity index (χ1n) is 5.12. The van der Waals surface area contributed by atoms with Gasteiger partial charge in [0.1, 0.15) is 15.6 Å². The number of nitrogens with two attached hydrogens (primary N) is 1. The van der Waals surface area contributed by atoms with Gasteiger partial charge in [-0.1, -0.05) is 6.92 Å². The molecule has 1 amide bonds. The smallest absolute Gasteiger partial charge is 0.277 e. The van der Waals surface area contributed by atoms with Gasteiger partial charge in [0.2, 0.25) is 0 Å². The van der Waals surface area contributed by atoms with Crippen LogP contribution in [0.2, 0.25) is 0 Å². The average molecular weight is 293 g/mol. The van der Waals surface area contributed by atoms with Crippen molar-refractivity contribution in [1.82, 2.24) is 10.4 Å². The number of hydrogen-bond acceptors (Lipinski definition) is 7. The molecule has 0 saturated heterocycles. The summed E-state index contributed by atoms with van der Waals surface area (Å²) in [6.07, 6.45) is 0. The predicted molar refractivity (Wildman–Crippen MR) is 67.6 cm³/mol. The highest BCUT2D eigenvalue weighted by Gasteiger charge is 2.20. The Labute approximate surface area is 109 Å². The number of ether oxygens (including phenoxy) is 1. The Hall–Kier alpha value is -1.03. The summed E-state index contributed by atoms with van der Waals surface area (Å²) in [6.45, 7) is 1.69. The summed E-state index contributed by atoms with van der Waals surface area (Å²) in [5.74, 6) is 4.41. The van der Waals surface area contributed by atoms with Crippen molar-refractivity contribution < 1.29 is 17.9 Å². The van der Waals surface area contributed by atoms with E-state index in [-0.39, 0.29) is 23.0 Å². The number of aromatic nitrogens is 1. The highest BCUT2D eigenvalue weighted by molar-refractivity contribution is 7.90. The summed E-state index contributed by atoms with van der Waals surface area (Å²) in [7, 11) is -1.71. The molecule has 18 heavy (non-hydrogen) atoms. The fraction of sp³-hybridized carbons (Fsp3) is 0.556. The maximum absolute atomic E-state index is 11.5. The number of thiazole rings is 1. The fourth-order valence-corrected chi connectivity index (χ4v) is 3.42. The van der Waals surface area contributed by atoms with Crippen LogP contribution < -0.4 is 11.3 Å². The topological polar surface area (TPSA) is 111 Å². The summed E-state index contributed by atoms with van der Waals surface area (Å²) in [5, 5.41) is 0.363. The summed E-state index contributed by atoms with van der Waals surface area (Å²) >= 11 is 1.01. The molecule has 9 heteroatoms. The molecule has 1 aromatic rings. The summed E-state index contributed by atoms with van der Waals surface area (Å²) in [6, 6.07) is 0. The molecular weight excluding hydrogens is 278 g/mol. The first-order valence-corrected chi connectivity index (χ1v) is 7.76. The number of nitrogens with one attached hydrogen (secondary N) is 1. The molecule has 0 unspecified atom stereocenters. The number of amides is 1. The van der Waals surface area contributed by atoms with Gasteiger partial charge < -0.3 is 4.74 Å². The van der Waals surface area contributed by atoms with Gasteiger partial charge >= 0.3 is 0 Å².